The Balaban J connectivity index is 2.50. The maximum atomic E-state index is 4.25. The molecule has 0 unspecified atom stereocenters. The lowest BCUT2D eigenvalue weighted by Gasteiger charge is -2.05. The smallest absolute Gasteiger partial charge is 0.184 e. The van der Waals surface area contributed by atoms with E-state index < -0.39 is 0 Å². The Labute approximate surface area is 102 Å². The van der Waals surface area contributed by atoms with Crippen molar-refractivity contribution in [3.8, 4) is 0 Å². The molecule has 18 heavy (non-hydrogen) atoms. The summed E-state index contributed by atoms with van der Waals surface area (Å²) in [6, 6.07) is 8.05. The van der Waals surface area contributed by atoms with Crippen LogP contribution in [0.3, 0.4) is 0 Å². The Morgan fingerprint density at radius 3 is 1.61 bits per heavy atom. The summed E-state index contributed by atoms with van der Waals surface area (Å²) in [6.45, 7) is 3.85. The molecule has 1 aromatic carbocycles. The Hall–Kier alpha value is -2.50. The van der Waals surface area contributed by atoms with Crippen LogP contribution in [0.2, 0.25) is 0 Å². The van der Waals surface area contributed by atoms with E-state index in [0.717, 1.165) is 33.7 Å². The summed E-state index contributed by atoms with van der Waals surface area (Å²) in [5.41, 5.74) is 1.66. The fourth-order valence-electron chi connectivity index (χ4n) is 2.40. The van der Waals surface area contributed by atoms with E-state index in [1.54, 1.807) is 0 Å². The second-order valence-corrected chi connectivity index (χ2v) is 4.31. The number of rotatable bonds is 0. The molecule has 6 heteroatoms. The third kappa shape index (κ3) is 0.976. The number of aryl methyl sites for hydroxylation is 2. The van der Waals surface area contributed by atoms with E-state index in [1.165, 1.54) is 0 Å². The van der Waals surface area contributed by atoms with Gasteiger partial charge in [0.1, 0.15) is 11.6 Å². The van der Waals surface area contributed by atoms with Crippen LogP contribution in [-0.2, 0) is 0 Å². The van der Waals surface area contributed by atoms with Crippen molar-refractivity contribution in [3.05, 3.63) is 35.9 Å². The van der Waals surface area contributed by atoms with Gasteiger partial charge in [0.25, 0.3) is 0 Å². The lowest BCUT2D eigenvalue weighted by molar-refractivity contribution is 0.782. The van der Waals surface area contributed by atoms with Crippen molar-refractivity contribution >= 4 is 22.1 Å². The van der Waals surface area contributed by atoms with Gasteiger partial charge < -0.3 is 0 Å². The predicted octanol–water partition coefficient (Wildman–Crippen LogP) is 1.54. The van der Waals surface area contributed by atoms with Crippen molar-refractivity contribution < 1.29 is 0 Å². The topological polar surface area (TPSA) is 60.4 Å². The van der Waals surface area contributed by atoms with E-state index >= 15 is 0 Å². The fourth-order valence-corrected chi connectivity index (χ4v) is 2.40. The van der Waals surface area contributed by atoms with E-state index in [4.69, 9.17) is 0 Å². The number of aromatic nitrogens is 6. The molecule has 0 bridgehead atoms. The second kappa shape index (κ2) is 3.04. The zero-order valence-electron chi connectivity index (χ0n) is 9.99. The first-order valence-electron chi connectivity index (χ1n) is 5.72. The number of benzene rings is 1. The number of nitrogens with zero attached hydrogens (tertiary/aromatic N) is 6. The van der Waals surface area contributed by atoms with Gasteiger partial charge in [0, 0.05) is 10.8 Å². The molecule has 88 valence electrons. The summed E-state index contributed by atoms with van der Waals surface area (Å²) >= 11 is 0. The second-order valence-electron chi connectivity index (χ2n) is 4.31. The minimum absolute atomic E-state index is 0.823. The summed E-state index contributed by atoms with van der Waals surface area (Å²) in [4.78, 5) is 0. The molecule has 0 atom stereocenters. The summed E-state index contributed by atoms with van der Waals surface area (Å²) in [5, 5.41) is 18.9. The fraction of sp³-hybridized carbons (Fsp3) is 0.167. The minimum Gasteiger partial charge on any atom is -0.210 e. The largest absolute Gasteiger partial charge is 0.210 e. The van der Waals surface area contributed by atoms with E-state index in [-0.39, 0.29) is 0 Å². The first-order valence-corrected chi connectivity index (χ1v) is 5.72. The molecule has 0 aliphatic heterocycles. The van der Waals surface area contributed by atoms with Crippen LogP contribution in [0.5, 0.6) is 0 Å². The Kier molecular flexibility index (Phi) is 1.61. The van der Waals surface area contributed by atoms with Crippen LogP contribution in [0.1, 0.15) is 11.6 Å². The molecule has 6 nitrogen and oxygen atoms in total. The minimum atomic E-state index is 0.823. The normalized spacial score (nSPS) is 11.9. The highest BCUT2D eigenvalue weighted by Crippen LogP contribution is 2.23. The molecular formula is C12H10N6. The molecule has 0 aliphatic carbocycles. The van der Waals surface area contributed by atoms with Crippen molar-refractivity contribution in [3.63, 3.8) is 0 Å². The number of hydrogen-bond donors (Lipinski definition) is 0. The van der Waals surface area contributed by atoms with Crippen LogP contribution < -0.4 is 0 Å². The van der Waals surface area contributed by atoms with Crippen LogP contribution in [0.4, 0.5) is 0 Å². The van der Waals surface area contributed by atoms with Gasteiger partial charge in [-0.05, 0) is 13.8 Å². The van der Waals surface area contributed by atoms with E-state index in [2.05, 4.69) is 20.4 Å². The standard InChI is InChI=1S/C12H10N6/c1-7-13-15-11-9-5-3-4-6-10(9)12-16-14-8(2)18(12)17(7)11/h3-6H,1-2H3. The highest BCUT2D eigenvalue weighted by molar-refractivity contribution is 6.01. The molecule has 4 aromatic rings. The first-order chi connectivity index (χ1) is 8.77. The molecule has 0 saturated heterocycles. The van der Waals surface area contributed by atoms with Gasteiger partial charge >= 0.3 is 0 Å². The third-order valence-corrected chi connectivity index (χ3v) is 3.20. The van der Waals surface area contributed by atoms with Crippen LogP contribution in [0.15, 0.2) is 24.3 Å². The van der Waals surface area contributed by atoms with Crippen molar-refractivity contribution in [1.29, 1.82) is 0 Å². The van der Waals surface area contributed by atoms with Crippen LogP contribution in [0.25, 0.3) is 22.1 Å². The molecule has 0 saturated carbocycles. The SMILES string of the molecule is Cc1nnc2c3ccccc3c3nnc(C)n3n12. The molecule has 0 fully saturated rings. The van der Waals surface area contributed by atoms with Gasteiger partial charge in [-0.1, -0.05) is 24.3 Å². The van der Waals surface area contributed by atoms with Gasteiger partial charge in [0.05, 0.1) is 0 Å². The molecule has 3 heterocycles. The lowest BCUT2D eigenvalue weighted by Crippen LogP contribution is -2.04. The molecule has 0 N–H and O–H groups in total. The monoisotopic (exact) mass is 238 g/mol. The highest BCUT2D eigenvalue weighted by Gasteiger charge is 2.14. The van der Waals surface area contributed by atoms with Gasteiger partial charge in [0.2, 0.25) is 0 Å². The molecule has 3 aromatic heterocycles. The average Bonchev–Trinajstić information content (AvgIpc) is 2.94. The number of hydrogen-bond acceptors (Lipinski definition) is 4. The lowest BCUT2D eigenvalue weighted by atomic mass is 10.2. The quantitative estimate of drug-likeness (QED) is 0.466. The van der Waals surface area contributed by atoms with E-state index in [1.807, 2.05) is 47.1 Å². The summed E-state index contributed by atoms with van der Waals surface area (Å²) in [7, 11) is 0. The maximum Gasteiger partial charge on any atom is 0.184 e. The highest BCUT2D eigenvalue weighted by atomic mass is 15.5. The molecule has 0 radical (unpaired) electrons. The van der Waals surface area contributed by atoms with Crippen molar-refractivity contribution in [2.24, 2.45) is 0 Å². The summed E-state index contributed by atoms with van der Waals surface area (Å²) < 4.78 is 3.90. The van der Waals surface area contributed by atoms with Crippen LogP contribution in [0, 0.1) is 13.8 Å². The molecule has 4 rings (SSSR count). The molecule has 0 aliphatic rings. The third-order valence-electron chi connectivity index (χ3n) is 3.20. The zero-order valence-corrected chi connectivity index (χ0v) is 9.99. The predicted molar refractivity (Wildman–Crippen MR) is 66.5 cm³/mol. The van der Waals surface area contributed by atoms with E-state index in [0.29, 0.717) is 0 Å². The van der Waals surface area contributed by atoms with Gasteiger partial charge in [-0.15, -0.1) is 20.4 Å². The first kappa shape index (κ1) is 9.52. The van der Waals surface area contributed by atoms with E-state index in [9.17, 15) is 0 Å². The summed E-state index contributed by atoms with van der Waals surface area (Å²) in [5.74, 6) is 1.65. The zero-order chi connectivity index (χ0) is 12.3. The van der Waals surface area contributed by atoms with Crippen LogP contribution in [-0.4, -0.2) is 29.4 Å². The Morgan fingerprint density at radius 2 is 1.17 bits per heavy atom. The van der Waals surface area contributed by atoms with Gasteiger partial charge in [-0.2, -0.15) is 0 Å². The van der Waals surface area contributed by atoms with Gasteiger partial charge in [-0.25, -0.2) is 9.03 Å². The van der Waals surface area contributed by atoms with Crippen molar-refractivity contribution in [1.82, 2.24) is 29.4 Å². The summed E-state index contributed by atoms with van der Waals surface area (Å²) in [6.07, 6.45) is 0. The Morgan fingerprint density at radius 1 is 0.722 bits per heavy atom. The molecular weight excluding hydrogens is 228 g/mol. The number of fused-ring (bicyclic) bond motifs is 6. The molecule has 0 spiro atoms. The maximum absolute atomic E-state index is 4.25. The van der Waals surface area contributed by atoms with Crippen molar-refractivity contribution in [2.45, 2.75) is 13.8 Å². The van der Waals surface area contributed by atoms with Gasteiger partial charge in [-0.3, -0.25) is 0 Å². The Bertz CT molecular complexity index is 826. The van der Waals surface area contributed by atoms with Crippen LogP contribution >= 0.6 is 0 Å². The van der Waals surface area contributed by atoms with Crippen molar-refractivity contribution in [2.75, 3.05) is 0 Å². The average molecular weight is 238 g/mol. The van der Waals surface area contributed by atoms with Gasteiger partial charge in [0.15, 0.2) is 11.3 Å². The molecule has 0 amide bonds.